The summed E-state index contributed by atoms with van der Waals surface area (Å²) in [5.74, 6) is -0.832. The number of likely N-dealkylation sites (N-methyl/N-ethyl adjacent to an activating group) is 1. The standard InChI is InChI=1S/C86H148NO8P/c1-6-8-10-12-14-16-18-20-22-24-26-28-30-32-34-36-38-40-42-43-45-46-48-50-52-54-56-58-60-62-64-66-68-70-72-74-76-78-85(88)92-82-84(83-94-96(90,91)93-81-80-87(3,4)5)95-86(89)79-77-75-73-71-69-67-65-63-61-59-57-55-53-51-49-47-44-41-39-37-35-33-31-29-27-25-23-21-19-17-15-13-11-9-7-2/h8-11,14-17,20-23,26-29,33,35,39,41,47,49,53,55,84H,6-7,12-13,18-19,24-25,30-32,34,36-38,40,42-46,48,50-52,54,56-83H2,1-5H3/b10-8-,11-9-,16-14-,17-15-,22-20-,23-21-,28-26-,29-27-,35-33-,41-39-,49-47-,55-53-. The van der Waals surface area contributed by atoms with Crippen LogP contribution in [-0.4, -0.2) is 70.0 Å². The van der Waals surface area contributed by atoms with Crippen molar-refractivity contribution in [1.29, 1.82) is 0 Å². The van der Waals surface area contributed by atoms with Gasteiger partial charge in [0, 0.05) is 12.8 Å². The monoisotopic (exact) mass is 1350 g/mol. The highest BCUT2D eigenvalue weighted by Crippen LogP contribution is 2.38. The van der Waals surface area contributed by atoms with Crippen LogP contribution in [0.15, 0.2) is 146 Å². The van der Waals surface area contributed by atoms with Crippen molar-refractivity contribution in [1.82, 2.24) is 0 Å². The molecule has 2 unspecified atom stereocenters. The van der Waals surface area contributed by atoms with Crippen molar-refractivity contribution >= 4 is 19.8 Å². The van der Waals surface area contributed by atoms with Crippen LogP contribution in [0.2, 0.25) is 0 Å². The van der Waals surface area contributed by atoms with E-state index < -0.39 is 26.5 Å². The average molecular weight is 1360 g/mol. The predicted octanol–water partition coefficient (Wildman–Crippen LogP) is 25.9. The SMILES string of the molecule is CC/C=C\C/C=C\C/C=C\C/C=C\C/C=C\C/C=C\C/C=C\C/C=C\CCCCCCCCCCCCC(=O)OC(COC(=O)CCCCCCCCCCCCCCCCCCCCCCCCCC/C=C\C/C=C\C/C=C\C/C=C\CC)COP(=O)([O-])OCC[N+](C)(C)C. The zero-order valence-corrected chi connectivity index (χ0v) is 63.7. The molecule has 0 aromatic rings. The fourth-order valence-electron chi connectivity index (χ4n) is 10.9. The number of hydrogen-bond donors (Lipinski definition) is 0. The first kappa shape index (κ1) is 91.9. The number of nitrogens with zero attached hydrogens (tertiary/aromatic N) is 1. The molecule has 9 nitrogen and oxygen atoms in total. The number of carbonyl (C=O) groups excluding carboxylic acids is 2. The Morgan fingerprint density at radius 2 is 0.562 bits per heavy atom. The van der Waals surface area contributed by atoms with Crippen molar-refractivity contribution in [2.24, 2.45) is 0 Å². The quantitative estimate of drug-likeness (QED) is 0.0195. The van der Waals surface area contributed by atoms with Gasteiger partial charge >= 0.3 is 11.9 Å². The Morgan fingerprint density at radius 3 is 0.833 bits per heavy atom. The Labute approximate surface area is 593 Å². The summed E-state index contributed by atoms with van der Waals surface area (Å²) in [6.07, 6.45) is 111. The van der Waals surface area contributed by atoms with Gasteiger partial charge in [-0.25, -0.2) is 0 Å². The first-order valence-corrected chi connectivity index (χ1v) is 41.0. The summed E-state index contributed by atoms with van der Waals surface area (Å²) >= 11 is 0. The van der Waals surface area contributed by atoms with Gasteiger partial charge in [-0.15, -0.1) is 0 Å². The molecule has 0 radical (unpaired) electrons. The topological polar surface area (TPSA) is 111 Å². The molecule has 0 aromatic carbocycles. The summed E-state index contributed by atoms with van der Waals surface area (Å²) in [6, 6.07) is 0. The van der Waals surface area contributed by atoms with Gasteiger partial charge in [0.15, 0.2) is 6.10 Å². The van der Waals surface area contributed by atoms with E-state index in [9.17, 15) is 19.0 Å². The number of hydrogen-bond acceptors (Lipinski definition) is 8. The third kappa shape index (κ3) is 78.9. The number of phosphoric ester groups is 1. The zero-order valence-electron chi connectivity index (χ0n) is 62.8. The lowest BCUT2D eigenvalue weighted by Crippen LogP contribution is -2.37. The zero-order chi connectivity index (χ0) is 69.7. The Morgan fingerprint density at radius 1 is 0.323 bits per heavy atom. The second kappa shape index (κ2) is 75.1. The number of esters is 2. The highest BCUT2D eigenvalue weighted by molar-refractivity contribution is 7.45. The van der Waals surface area contributed by atoms with Gasteiger partial charge < -0.3 is 27.9 Å². The smallest absolute Gasteiger partial charge is 0.306 e. The van der Waals surface area contributed by atoms with Crippen LogP contribution in [0.4, 0.5) is 0 Å². The maximum Gasteiger partial charge on any atom is 0.306 e. The van der Waals surface area contributed by atoms with Crippen molar-refractivity contribution in [3.63, 3.8) is 0 Å². The van der Waals surface area contributed by atoms with Crippen molar-refractivity contribution in [3.8, 4) is 0 Å². The van der Waals surface area contributed by atoms with E-state index in [-0.39, 0.29) is 32.0 Å². The van der Waals surface area contributed by atoms with Crippen LogP contribution in [0.3, 0.4) is 0 Å². The van der Waals surface area contributed by atoms with Gasteiger partial charge in [-0.05, 0) is 116 Å². The Hall–Kier alpha value is -4.11. The number of unbranched alkanes of at least 4 members (excludes halogenated alkanes) is 34. The van der Waals surface area contributed by atoms with Crippen molar-refractivity contribution in [2.45, 2.75) is 341 Å². The van der Waals surface area contributed by atoms with E-state index in [1.807, 2.05) is 21.1 Å². The van der Waals surface area contributed by atoms with E-state index in [4.69, 9.17) is 18.5 Å². The molecule has 0 N–H and O–H groups in total. The maximum absolute atomic E-state index is 12.9. The van der Waals surface area contributed by atoms with Gasteiger partial charge in [-0.3, -0.25) is 14.2 Å². The minimum absolute atomic E-state index is 0.0361. The highest BCUT2D eigenvalue weighted by Gasteiger charge is 2.22. The minimum atomic E-state index is -4.65. The fraction of sp³-hybridized carbons (Fsp3) is 0.698. The molecule has 0 aliphatic carbocycles. The number of quaternary nitrogens is 1. The lowest BCUT2D eigenvalue weighted by atomic mass is 10.0. The van der Waals surface area contributed by atoms with E-state index in [0.717, 1.165) is 122 Å². The van der Waals surface area contributed by atoms with Crippen LogP contribution < -0.4 is 4.89 Å². The second-order valence-corrected chi connectivity index (χ2v) is 28.7. The highest BCUT2D eigenvalue weighted by atomic mass is 31.2. The molecule has 96 heavy (non-hydrogen) atoms. The number of ether oxygens (including phenoxy) is 2. The Bertz CT molecular complexity index is 2140. The number of phosphoric acid groups is 1. The molecule has 0 bridgehead atoms. The van der Waals surface area contributed by atoms with E-state index >= 15 is 0 Å². The summed E-state index contributed by atoms with van der Waals surface area (Å²) in [6.45, 7) is 4.03. The minimum Gasteiger partial charge on any atom is -0.756 e. The van der Waals surface area contributed by atoms with Crippen molar-refractivity contribution in [2.75, 3.05) is 47.5 Å². The van der Waals surface area contributed by atoms with Crippen LogP contribution >= 0.6 is 7.82 Å². The van der Waals surface area contributed by atoms with Gasteiger partial charge in [0.25, 0.3) is 7.82 Å². The van der Waals surface area contributed by atoms with Crippen molar-refractivity contribution in [3.05, 3.63) is 146 Å². The van der Waals surface area contributed by atoms with E-state index in [1.54, 1.807) is 0 Å². The molecular weight excluding hydrogens is 1210 g/mol. The van der Waals surface area contributed by atoms with Gasteiger partial charge in [0.1, 0.15) is 19.8 Å². The second-order valence-electron chi connectivity index (χ2n) is 27.3. The summed E-state index contributed by atoms with van der Waals surface area (Å²) in [7, 11) is 1.16. The maximum atomic E-state index is 12.9. The molecule has 0 amide bonds. The molecule has 550 valence electrons. The lowest BCUT2D eigenvalue weighted by Gasteiger charge is -2.28. The number of allylic oxidation sites excluding steroid dienone is 24. The largest absolute Gasteiger partial charge is 0.756 e. The van der Waals surface area contributed by atoms with Crippen LogP contribution in [0.5, 0.6) is 0 Å². The molecule has 0 heterocycles. The van der Waals surface area contributed by atoms with Gasteiger partial charge in [0.2, 0.25) is 0 Å². The first-order valence-electron chi connectivity index (χ1n) is 39.5. The summed E-state index contributed by atoms with van der Waals surface area (Å²) in [5, 5.41) is 0. The van der Waals surface area contributed by atoms with Crippen LogP contribution in [-0.2, 0) is 32.7 Å². The molecule has 2 atom stereocenters. The molecule has 10 heteroatoms. The van der Waals surface area contributed by atoms with Gasteiger partial charge in [-0.2, -0.15) is 0 Å². The molecule has 0 saturated carbocycles. The van der Waals surface area contributed by atoms with E-state index in [0.29, 0.717) is 17.4 Å². The molecule has 0 saturated heterocycles. The average Bonchev–Trinajstić information content (AvgIpc) is 2.74. The Kier molecular flexibility index (Phi) is 71.9. The molecule has 0 aliphatic rings. The fourth-order valence-corrected chi connectivity index (χ4v) is 11.6. The van der Waals surface area contributed by atoms with Crippen molar-refractivity contribution < 1.29 is 42.1 Å². The van der Waals surface area contributed by atoms with Gasteiger partial charge in [0.05, 0.1) is 27.7 Å². The molecule has 0 aliphatic heterocycles. The van der Waals surface area contributed by atoms with Crippen LogP contribution in [0, 0.1) is 0 Å². The van der Waals surface area contributed by atoms with Gasteiger partial charge in [-0.1, -0.05) is 352 Å². The van der Waals surface area contributed by atoms with E-state index in [1.165, 1.54) is 180 Å². The normalized spacial score (nSPS) is 13.9. The van der Waals surface area contributed by atoms with Crippen LogP contribution in [0.1, 0.15) is 335 Å². The first-order chi connectivity index (χ1) is 47.0. The molecule has 0 aromatic heterocycles. The number of rotatable bonds is 72. The molecule has 0 rings (SSSR count). The summed E-state index contributed by atoms with van der Waals surface area (Å²) in [4.78, 5) is 38.2. The third-order valence-electron chi connectivity index (χ3n) is 16.9. The summed E-state index contributed by atoms with van der Waals surface area (Å²) < 4.78 is 34.4. The van der Waals surface area contributed by atoms with Crippen LogP contribution in [0.25, 0.3) is 0 Å². The molecular formula is C86H148NO8P. The number of carbonyl (C=O) groups is 2. The van der Waals surface area contributed by atoms with E-state index in [2.05, 4.69) is 160 Å². The molecule has 0 fully saturated rings. The third-order valence-corrected chi connectivity index (χ3v) is 17.8. The molecule has 0 spiro atoms. The Balaban J connectivity index is 4.00. The predicted molar refractivity (Wildman–Crippen MR) is 415 cm³/mol. The lowest BCUT2D eigenvalue weighted by molar-refractivity contribution is -0.870. The summed E-state index contributed by atoms with van der Waals surface area (Å²) in [5.41, 5.74) is 0.